The summed E-state index contributed by atoms with van der Waals surface area (Å²) in [6, 6.07) is 14.7. The lowest BCUT2D eigenvalue weighted by atomic mass is 9.94. The minimum absolute atomic E-state index is 0.503. The Morgan fingerprint density at radius 3 is 2.37 bits per heavy atom. The van der Waals surface area contributed by atoms with Gasteiger partial charge in [-0.2, -0.15) is 0 Å². The smallest absolute Gasteiger partial charge is 0.0409 e. The van der Waals surface area contributed by atoms with Gasteiger partial charge >= 0.3 is 0 Å². The highest BCUT2D eigenvalue weighted by atomic mass is 35.5. The second kappa shape index (κ2) is 6.23. The topological polar surface area (TPSA) is 26.0 Å². The van der Waals surface area contributed by atoms with E-state index in [4.69, 9.17) is 17.3 Å². The van der Waals surface area contributed by atoms with Gasteiger partial charge in [0, 0.05) is 11.6 Å². The van der Waals surface area contributed by atoms with Crippen molar-refractivity contribution in [3.63, 3.8) is 0 Å². The SMILES string of the molecule is CCC(C)c1ccc(-c2ccc(Cl)cc2CN)cc1. The molecule has 0 spiro atoms. The minimum Gasteiger partial charge on any atom is -0.326 e. The van der Waals surface area contributed by atoms with Gasteiger partial charge in [-0.15, -0.1) is 0 Å². The van der Waals surface area contributed by atoms with E-state index in [9.17, 15) is 0 Å². The van der Waals surface area contributed by atoms with Crippen LogP contribution in [0, 0.1) is 0 Å². The summed E-state index contributed by atoms with van der Waals surface area (Å²) >= 11 is 6.01. The van der Waals surface area contributed by atoms with Crippen molar-refractivity contribution in [2.24, 2.45) is 5.73 Å². The van der Waals surface area contributed by atoms with Crippen LogP contribution in [0.5, 0.6) is 0 Å². The normalized spacial score (nSPS) is 12.4. The Balaban J connectivity index is 2.37. The second-order valence-corrected chi connectivity index (χ2v) is 5.37. The van der Waals surface area contributed by atoms with E-state index in [2.05, 4.69) is 38.1 Å². The highest BCUT2D eigenvalue weighted by molar-refractivity contribution is 6.30. The monoisotopic (exact) mass is 273 g/mol. The largest absolute Gasteiger partial charge is 0.326 e. The molecule has 2 aromatic carbocycles. The van der Waals surface area contributed by atoms with Crippen molar-refractivity contribution < 1.29 is 0 Å². The number of halogens is 1. The molecule has 2 heteroatoms. The quantitative estimate of drug-likeness (QED) is 0.835. The Morgan fingerprint density at radius 1 is 1.11 bits per heavy atom. The average molecular weight is 274 g/mol. The summed E-state index contributed by atoms with van der Waals surface area (Å²) in [7, 11) is 0. The molecule has 0 saturated heterocycles. The van der Waals surface area contributed by atoms with Gasteiger partial charge in [0.15, 0.2) is 0 Å². The maximum Gasteiger partial charge on any atom is 0.0409 e. The van der Waals surface area contributed by atoms with Gasteiger partial charge in [0.25, 0.3) is 0 Å². The first-order valence-electron chi connectivity index (χ1n) is 6.74. The fourth-order valence-electron chi connectivity index (χ4n) is 2.24. The summed E-state index contributed by atoms with van der Waals surface area (Å²) in [6.07, 6.45) is 1.16. The van der Waals surface area contributed by atoms with Gasteiger partial charge < -0.3 is 5.73 Å². The Morgan fingerprint density at radius 2 is 1.79 bits per heavy atom. The zero-order valence-corrected chi connectivity index (χ0v) is 12.2. The van der Waals surface area contributed by atoms with Crippen LogP contribution in [0.15, 0.2) is 42.5 Å². The fraction of sp³-hybridized carbons (Fsp3) is 0.294. The van der Waals surface area contributed by atoms with Gasteiger partial charge in [0.2, 0.25) is 0 Å². The minimum atomic E-state index is 0.503. The lowest BCUT2D eigenvalue weighted by molar-refractivity contribution is 0.734. The van der Waals surface area contributed by atoms with E-state index in [-0.39, 0.29) is 0 Å². The Bertz CT molecular complexity index is 546. The van der Waals surface area contributed by atoms with E-state index in [0.717, 1.165) is 17.0 Å². The molecule has 1 atom stereocenters. The number of hydrogen-bond acceptors (Lipinski definition) is 1. The van der Waals surface area contributed by atoms with Crippen LogP contribution >= 0.6 is 11.6 Å². The third-order valence-electron chi connectivity index (χ3n) is 3.69. The van der Waals surface area contributed by atoms with Crippen molar-refractivity contribution in [1.29, 1.82) is 0 Å². The summed E-state index contributed by atoms with van der Waals surface area (Å²) < 4.78 is 0. The zero-order chi connectivity index (χ0) is 13.8. The van der Waals surface area contributed by atoms with Crippen LogP contribution in [0.4, 0.5) is 0 Å². The summed E-state index contributed by atoms with van der Waals surface area (Å²) in [4.78, 5) is 0. The Labute approximate surface area is 120 Å². The molecule has 19 heavy (non-hydrogen) atoms. The van der Waals surface area contributed by atoms with Crippen molar-refractivity contribution >= 4 is 11.6 Å². The zero-order valence-electron chi connectivity index (χ0n) is 11.5. The van der Waals surface area contributed by atoms with Crippen molar-refractivity contribution in [2.45, 2.75) is 32.7 Å². The van der Waals surface area contributed by atoms with E-state index in [1.165, 1.54) is 16.7 Å². The van der Waals surface area contributed by atoms with E-state index >= 15 is 0 Å². The standard InChI is InChI=1S/C17H20ClN/c1-3-12(2)13-4-6-14(7-5-13)17-9-8-16(18)10-15(17)11-19/h4-10,12H,3,11,19H2,1-2H3. The number of hydrogen-bond donors (Lipinski definition) is 1. The molecule has 2 N–H and O–H groups in total. The maximum atomic E-state index is 6.01. The third kappa shape index (κ3) is 3.17. The van der Waals surface area contributed by atoms with Crippen LogP contribution in [0.25, 0.3) is 11.1 Å². The van der Waals surface area contributed by atoms with Crippen molar-refractivity contribution in [2.75, 3.05) is 0 Å². The first-order valence-corrected chi connectivity index (χ1v) is 7.12. The predicted octanol–water partition coefficient (Wildman–Crippen LogP) is 4.98. The summed E-state index contributed by atoms with van der Waals surface area (Å²) in [5.41, 5.74) is 10.6. The van der Waals surface area contributed by atoms with Gasteiger partial charge in [0.1, 0.15) is 0 Å². The van der Waals surface area contributed by atoms with Crippen molar-refractivity contribution in [3.8, 4) is 11.1 Å². The average Bonchev–Trinajstić information content (AvgIpc) is 2.46. The fourth-order valence-corrected chi connectivity index (χ4v) is 2.43. The molecule has 0 aliphatic heterocycles. The maximum absolute atomic E-state index is 6.01. The van der Waals surface area contributed by atoms with E-state index in [1.807, 2.05) is 18.2 Å². The van der Waals surface area contributed by atoms with Gasteiger partial charge in [-0.05, 0) is 46.7 Å². The molecule has 0 heterocycles. The van der Waals surface area contributed by atoms with Crippen molar-refractivity contribution in [3.05, 3.63) is 58.6 Å². The molecule has 0 bridgehead atoms. The Hall–Kier alpha value is -1.31. The summed E-state index contributed by atoms with van der Waals surface area (Å²) in [5.74, 6) is 0.605. The molecular formula is C17H20ClN. The first-order chi connectivity index (χ1) is 9.15. The summed E-state index contributed by atoms with van der Waals surface area (Å²) in [6.45, 7) is 4.97. The number of rotatable bonds is 4. The van der Waals surface area contributed by atoms with Gasteiger partial charge in [-0.1, -0.05) is 55.8 Å². The predicted molar refractivity (Wildman–Crippen MR) is 83.5 cm³/mol. The lowest BCUT2D eigenvalue weighted by Gasteiger charge is -2.12. The molecule has 2 aromatic rings. The molecule has 100 valence electrons. The van der Waals surface area contributed by atoms with Crippen LogP contribution in [-0.4, -0.2) is 0 Å². The molecule has 0 fully saturated rings. The van der Waals surface area contributed by atoms with E-state index in [0.29, 0.717) is 12.5 Å². The molecule has 0 radical (unpaired) electrons. The molecule has 0 aliphatic carbocycles. The van der Waals surface area contributed by atoms with Crippen LogP contribution in [0.3, 0.4) is 0 Å². The molecule has 0 saturated carbocycles. The lowest BCUT2D eigenvalue weighted by Crippen LogP contribution is -1.99. The highest BCUT2D eigenvalue weighted by Gasteiger charge is 2.07. The van der Waals surface area contributed by atoms with E-state index < -0.39 is 0 Å². The van der Waals surface area contributed by atoms with Gasteiger partial charge in [-0.25, -0.2) is 0 Å². The molecule has 1 nitrogen and oxygen atoms in total. The molecule has 0 aliphatic rings. The van der Waals surface area contributed by atoms with Crippen LogP contribution in [-0.2, 0) is 6.54 Å². The Kier molecular flexibility index (Phi) is 4.62. The summed E-state index contributed by atoms with van der Waals surface area (Å²) in [5, 5.41) is 0.737. The van der Waals surface area contributed by atoms with Gasteiger partial charge in [-0.3, -0.25) is 0 Å². The molecule has 0 aromatic heterocycles. The van der Waals surface area contributed by atoms with Crippen molar-refractivity contribution in [1.82, 2.24) is 0 Å². The molecule has 2 rings (SSSR count). The second-order valence-electron chi connectivity index (χ2n) is 4.94. The van der Waals surface area contributed by atoms with E-state index in [1.54, 1.807) is 0 Å². The molecular weight excluding hydrogens is 254 g/mol. The third-order valence-corrected chi connectivity index (χ3v) is 3.93. The first kappa shape index (κ1) is 14.1. The molecule has 0 amide bonds. The number of benzene rings is 2. The molecule has 1 unspecified atom stereocenters. The van der Waals surface area contributed by atoms with Crippen LogP contribution in [0.1, 0.15) is 37.3 Å². The number of nitrogens with two attached hydrogens (primary N) is 1. The highest BCUT2D eigenvalue weighted by Crippen LogP contribution is 2.28. The van der Waals surface area contributed by atoms with Crippen LogP contribution < -0.4 is 5.73 Å². The van der Waals surface area contributed by atoms with Crippen LogP contribution in [0.2, 0.25) is 5.02 Å². The van der Waals surface area contributed by atoms with Gasteiger partial charge in [0.05, 0.1) is 0 Å².